The fraction of sp³-hybridized carbons (Fsp3) is 0.667. The third-order valence-corrected chi connectivity index (χ3v) is 4.43. The van der Waals surface area contributed by atoms with Crippen LogP contribution < -0.4 is 5.32 Å². The van der Waals surface area contributed by atoms with Crippen LogP contribution in [0.1, 0.15) is 49.4 Å². The molecule has 1 aromatic carbocycles. The fourth-order valence-electron chi connectivity index (χ4n) is 3.27. The zero-order valence-electron chi connectivity index (χ0n) is 13.6. The van der Waals surface area contributed by atoms with Gasteiger partial charge >= 0.3 is 0 Å². The highest BCUT2D eigenvalue weighted by Gasteiger charge is 2.15. The second-order valence-electron chi connectivity index (χ2n) is 6.60. The molecule has 1 saturated heterocycles. The summed E-state index contributed by atoms with van der Waals surface area (Å²) in [5, 5.41) is 3.71. The topological polar surface area (TPSA) is 15.3 Å². The molecule has 1 aliphatic heterocycles. The quantitative estimate of drug-likeness (QED) is 0.851. The van der Waals surface area contributed by atoms with Crippen LogP contribution in [0.25, 0.3) is 0 Å². The number of benzene rings is 1. The number of hydrogen-bond acceptors (Lipinski definition) is 2. The Bertz CT molecular complexity index is 421. The van der Waals surface area contributed by atoms with Gasteiger partial charge in [-0.1, -0.05) is 30.7 Å². The summed E-state index contributed by atoms with van der Waals surface area (Å²) in [6.07, 6.45) is 2.78. The third-order valence-electron chi connectivity index (χ3n) is 4.43. The molecule has 2 unspecified atom stereocenters. The molecule has 2 heteroatoms. The first-order valence-electron chi connectivity index (χ1n) is 8.09. The summed E-state index contributed by atoms with van der Waals surface area (Å²) in [5.41, 5.74) is 4.18. The molecule has 1 fully saturated rings. The Balaban J connectivity index is 1.80. The average molecular weight is 274 g/mol. The fourth-order valence-corrected chi connectivity index (χ4v) is 3.27. The minimum atomic E-state index is 0.441. The summed E-state index contributed by atoms with van der Waals surface area (Å²) in [5.74, 6) is 0.723. The van der Waals surface area contributed by atoms with Crippen LogP contribution in [-0.4, -0.2) is 31.1 Å². The molecule has 0 amide bonds. The average Bonchev–Trinajstić information content (AvgIpc) is 2.89. The number of rotatable bonds is 6. The van der Waals surface area contributed by atoms with Crippen molar-refractivity contribution in [1.82, 2.24) is 10.2 Å². The third kappa shape index (κ3) is 4.32. The van der Waals surface area contributed by atoms with Gasteiger partial charge in [0, 0.05) is 12.6 Å². The van der Waals surface area contributed by atoms with Crippen LogP contribution in [0.5, 0.6) is 0 Å². The van der Waals surface area contributed by atoms with Gasteiger partial charge in [0.1, 0.15) is 0 Å². The molecule has 2 atom stereocenters. The van der Waals surface area contributed by atoms with Crippen LogP contribution in [0.3, 0.4) is 0 Å². The molecule has 0 spiro atoms. The monoisotopic (exact) mass is 274 g/mol. The summed E-state index contributed by atoms with van der Waals surface area (Å²) >= 11 is 0. The largest absolute Gasteiger partial charge is 0.310 e. The maximum absolute atomic E-state index is 3.71. The van der Waals surface area contributed by atoms with E-state index in [1.54, 1.807) is 0 Å². The molecule has 2 nitrogen and oxygen atoms in total. The lowest BCUT2D eigenvalue weighted by atomic mass is 10.00. The van der Waals surface area contributed by atoms with Crippen molar-refractivity contribution in [3.05, 3.63) is 34.9 Å². The van der Waals surface area contributed by atoms with E-state index in [0.29, 0.717) is 6.04 Å². The highest BCUT2D eigenvalue weighted by atomic mass is 15.1. The minimum absolute atomic E-state index is 0.441. The highest BCUT2D eigenvalue weighted by Crippen LogP contribution is 2.19. The first-order chi connectivity index (χ1) is 9.56. The molecular formula is C18H30N2. The van der Waals surface area contributed by atoms with E-state index in [-0.39, 0.29) is 0 Å². The molecule has 1 heterocycles. The zero-order valence-corrected chi connectivity index (χ0v) is 13.6. The first kappa shape index (κ1) is 15.5. The van der Waals surface area contributed by atoms with Gasteiger partial charge in [-0.25, -0.2) is 0 Å². The summed E-state index contributed by atoms with van der Waals surface area (Å²) < 4.78 is 0. The van der Waals surface area contributed by atoms with Crippen molar-refractivity contribution in [2.75, 3.05) is 26.2 Å². The first-order valence-corrected chi connectivity index (χ1v) is 8.09. The van der Waals surface area contributed by atoms with Gasteiger partial charge in [0.2, 0.25) is 0 Å². The van der Waals surface area contributed by atoms with E-state index in [1.807, 2.05) is 0 Å². The summed E-state index contributed by atoms with van der Waals surface area (Å²) in [6.45, 7) is 14.0. The van der Waals surface area contributed by atoms with E-state index in [2.05, 4.69) is 56.1 Å². The van der Waals surface area contributed by atoms with Gasteiger partial charge in [-0.05, 0) is 70.3 Å². The van der Waals surface area contributed by atoms with Gasteiger partial charge in [0.15, 0.2) is 0 Å². The van der Waals surface area contributed by atoms with Gasteiger partial charge in [0.25, 0.3) is 0 Å². The van der Waals surface area contributed by atoms with Crippen LogP contribution in [0.15, 0.2) is 18.2 Å². The SMILES string of the molecule is Cc1ccc(C(C)NCC(C)CN2CCCC2)c(C)c1. The van der Waals surface area contributed by atoms with Gasteiger partial charge in [-0.2, -0.15) is 0 Å². The van der Waals surface area contributed by atoms with Crippen molar-refractivity contribution in [2.24, 2.45) is 5.92 Å². The lowest BCUT2D eigenvalue weighted by Gasteiger charge is -2.23. The predicted molar refractivity (Wildman–Crippen MR) is 87.2 cm³/mol. The molecule has 1 aromatic rings. The summed E-state index contributed by atoms with van der Waals surface area (Å²) in [7, 11) is 0. The van der Waals surface area contributed by atoms with Crippen molar-refractivity contribution in [1.29, 1.82) is 0 Å². The van der Waals surface area contributed by atoms with Crippen molar-refractivity contribution in [2.45, 2.75) is 46.6 Å². The zero-order chi connectivity index (χ0) is 14.5. The summed E-state index contributed by atoms with van der Waals surface area (Å²) in [6, 6.07) is 7.21. The number of likely N-dealkylation sites (tertiary alicyclic amines) is 1. The van der Waals surface area contributed by atoms with Crippen molar-refractivity contribution >= 4 is 0 Å². The Morgan fingerprint density at radius 3 is 2.50 bits per heavy atom. The standard InChI is InChI=1S/C18H30N2/c1-14-7-8-18(16(3)11-14)17(4)19-12-15(2)13-20-9-5-6-10-20/h7-8,11,15,17,19H,5-6,9-10,12-13H2,1-4H3. The number of hydrogen-bond donors (Lipinski definition) is 1. The van der Waals surface area contributed by atoms with E-state index in [1.165, 1.54) is 49.2 Å². The lowest BCUT2D eigenvalue weighted by Crippen LogP contribution is -2.32. The molecule has 2 rings (SSSR count). The van der Waals surface area contributed by atoms with Crippen molar-refractivity contribution < 1.29 is 0 Å². The molecule has 0 radical (unpaired) electrons. The molecule has 1 aliphatic rings. The van der Waals surface area contributed by atoms with Crippen LogP contribution >= 0.6 is 0 Å². The Kier molecular flexibility index (Phi) is 5.62. The Morgan fingerprint density at radius 2 is 1.85 bits per heavy atom. The second kappa shape index (κ2) is 7.24. The molecule has 0 aliphatic carbocycles. The smallest absolute Gasteiger partial charge is 0.0294 e. The normalized spacial score (nSPS) is 19.2. The highest BCUT2D eigenvalue weighted by molar-refractivity contribution is 5.32. The predicted octanol–water partition coefficient (Wildman–Crippen LogP) is 3.69. The minimum Gasteiger partial charge on any atom is -0.310 e. The van der Waals surface area contributed by atoms with Crippen LogP contribution in [-0.2, 0) is 0 Å². The van der Waals surface area contributed by atoms with Gasteiger partial charge in [0.05, 0.1) is 0 Å². The number of nitrogens with zero attached hydrogens (tertiary/aromatic N) is 1. The number of aryl methyl sites for hydroxylation is 2. The number of nitrogens with one attached hydrogen (secondary N) is 1. The van der Waals surface area contributed by atoms with Gasteiger partial charge in [-0.15, -0.1) is 0 Å². The molecule has 0 saturated carbocycles. The Labute approximate surface area is 124 Å². The molecule has 0 aromatic heterocycles. The maximum atomic E-state index is 3.71. The maximum Gasteiger partial charge on any atom is 0.0294 e. The van der Waals surface area contributed by atoms with Crippen LogP contribution in [0.2, 0.25) is 0 Å². The van der Waals surface area contributed by atoms with Gasteiger partial charge in [-0.3, -0.25) is 0 Å². The van der Waals surface area contributed by atoms with E-state index in [0.717, 1.165) is 12.5 Å². The molecule has 0 bridgehead atoms. The lowest BCUT2D eigenvalue weighted by molar-refractivity contribution is 0.279. The molecule has 112 valence electrons. The van der Waals surface area contributed by atoms with Crippen molar-refractivity contribution in [3.63, 3.8) is 0 Å². The summed E-state index contributed by atoms with van der Waals surface area (Å²) in [4.78, 5) is 2.61. The molecule has 1 N–H and O–H groups in total. The van der Waals surface area contributed by atoms with E-state index < -0.39 is 0 Å². The molecular weight excluding hydrogens is 244 g/mol. The van der Waals surface area contributed by atoms with E-state index in [9.17, 15) is 0 Å². The Hall–Kier alpha value is -0.860. The van der Waals surface area contributed by atoms with Crippen LogP contribution in [0.4, 0.5) is 0 Å². The van der Waals surface area contributed by atoms with Crippen LogP contribution in [0, 0.1) is 19.8 Å². The van der Waals surface area contributed by atoms with E-state index >= 15 is 0 Å². The Morgan fingerprint density at radius 1 is 1.15 bits per heavy atom. The van der Waals surface area contributed by atoms with Crippen molar-refractivity contribution in [3.8, 4) is 0 Å². The van der Waals surface area contributed by atoms with E-state index in [4.69, 9.17) is 0 Å². The second-order valence-corrected chi connectivity index (χ2v) is 6.60. The molecule has 20 heavy (non-hydrogen) atoms. The van der Waals surface area contributed by atoms with Gasteiger partial charge < -0.3 is 10.2 Å².